The Morgan fingerprint density at radius 3 is 2.42 bits per heavy atom. The van der Waals surface area contributed by atoms with Gasteiger partial charge in [-0.2, -0.15) is 0 Å². The van der Waals surface area contributed by atoms with E-state index in [0.29, 0.717) is 18.7 Å². The third-order valence-electron chi connectivity index (χ3n) is 4.51. The molecule has 1 aromatic rings. The molecule has 0 heterocycles. The monoisotopic (exact) mass is 259 g/mol. The summed E-state index contributed by atoms with van der Waals surface area (Å²) in [7, 11) is 0. The van der Waals surface area contributed by atoms with Gasteiger partial charge in [-0.15, -0.1) is 0 Å². The van der Waals surface area contributed by atoms with Crippen molar-refractivity contribution in [2.45, 2.75) is 51.4 Å². The van der Waals surface area contributed by atoms with E-state index in [-0.39, 0.29) is 5.41 Å². The van der Waals surface area contributed by atoms with Crippen LogP contribution in [0, 0.1) is 5.41 Å². The summed E-state index contributed by atoms with van der Waals surface area (Å²) in [6.07, 6.45) is 8.24. The minimum atomic E-state index is -0.186. The van der Waals surface area contributed by atoms with Gasteiger partial charge in [-0.1, -0.05) is 49.6 Å². The molecule has 0 amide bonds. The van der Waals surface area contributed by atoms with Crippen molar-refractivity contribution in [2.24, 2.45) is 11.1 Å². The highest BCUT2D eigenvalue weighted by Gasteiger charge is 2.36. The largest absolute Gasteiger partial charge is 0.329 e. The Hall–Kier alpha value is -1.15. The molecule has 1 aliphatic rings. The van der Waals surface area contributed by atoms with E-state index >= 15 is 0 Å². The van der Waals surface area contributed by atoms with Gasteiger partial charge in [0.25, 0.3) is 0 Å². The molecule has 0 spiro atoms. The van der Waals surface area contributed by atoms with Crippen molar-refractivity contribution in [2.75, 3.05) is 6.54 Å². The average molecular weight is 259 g/mol. The Bertz CT molecular complexity index is 393. The molecule has 0 saturated heterocycles. The van der Waals surface area contributed by atoms with E-state index in [1.54, 1.807) is 0 Å². The molecule has 0 radical (unpaired) electrons. The van der Waals surface area contributed by atoms with Crippen molar-refractivity contribution in [3.63, 3.8) is 0 Å². The van der Waals surface area contributed by atoms with Crippen molar-refractivity contribution in [3.8, 4) is 0 Å². The van der Waals surface area contributed by atoms with Crippen LogP contribution in [0.3, 0.4) is 0 Å². The topological polar surface area (TPSA) is 43.1 Å². The van der Waals surface area contributed by atoms with Crippen LogP contribution < -0.4 is 5.73 Å². The zero-order valence-corrected chi connectivity index (χ0v) is 11.7. The number of aryl methyl sites for hydroxylation is 1. The molecular weight excluding hydrogens is 234 g/mol. The van der Waals surface area contributed by atoms with E-state index in [1.165, 1.54) is 24.8 Å². The Kier molecular flexibility index (Phi) is 5.15. The molecule has 1 aliphatic carbocycles. The summed E-state index contributed by atoms with van der Waals surface area (Å²) in [5.74, 6) is 0.408. The lowest BCUT2D eigenvalue weighted by Crippen LogP contribution is -2.40. The van der Waals surface area contributed by atoms with Crippen LogP contribution in [-0.4, -0.2) is 12.3 Å². The number of hydrogen-bond donors (Lipinski definition) is 1. The highest BCUT2D eigenvalue weighted by molar-refractivity contribution is 5.85. The molecule has 0 unspecified atom stereocenters. The minimum absolute atomic E-state index is 0.186. The molecule has 1 saturated carbocycles. The van der Waals surface area contributed by atoms with Crippen LogP contribution in [0.5, 0.6) is 0 Å². The molecule has 0 aliphatic heterocycles. The fraction of sp³-hybridized carbons (Fsp3) is 0.588. The van der Waals surface area contributed by atoms with E-state index in [1.807, 2.05) is 6.07 Å². The molecule has 0 aromatic heterocycles. The van der Waals surface area contributed by atoms with Crippen molar-refractivity contribution < 1.29 is 4.79 Å². The lowest BCUT2D eigenvalue weighted by atomic mass is 9.70. The second-order valence-corrected chi connectivity index (χ2v) is 5.81. The number of carbonyl (C=O) groups is 1. The normalized spacial score (nSPS) is 18.2. The Labute approximate surface area is 116 Å². The third kappa shape index (κ3) is 3.66. The number of Topliss-reactive ketones (excluding diaryl/α,β-unsaturated/α-hetero) is 1. The maximum absolute atomic E-state index is 12.5. The highest BCUT2D eigenvalue weighted by Crippen LogP contribution is 2.37. The Morgan fingerprint density at radius 1 is 1.11 bits per heavy atom. The van der Waals surface area contributed by atoms with Gasteiger partial charge < -0.3 is 5.73 Å². The number of ketones is 1. The first kappa shape index (κ1) is 14.3. The summed E-state index contributed by atoms with van der Waals surface area (Å²) >= 11 is 0. The maximum Gasteiger partial charge on any atom is 0.140 e. The lowest BCUT2D eigenvalue weighted by molar-refractivity contribution is -0.130. The summed E-state index contributed by atoms with van der Waals surface area (Å²) < 4.78 is 0. The second kappa shape index (κ2) is 6.85. The van der Waals surface area contributed by atoms with Gasteiger partial charge in [-0.25, -0.2) is 0 Å². The minimum Gasteiger partial charge on any atom is -0.329 e. The molecule has 2 heteroatoms. The van der Waals surface area contributed by atoms with Crippen LogP contribution in [0.4, 0.5) is 0 Å². The number of benzene rings is 1. The van der Waals surface area contributed by atoms with Crippen molar-refractivity contribution in [1.29, 1.82) is 0 Å². The number of rotatable bonds is 6. The first-order valence-electron chi connectivity index (χ1n) is 7.54. The first-order chi connectivity index (χ1) is 9.27. The SMILES string of the molecule is NCC1(C(=O)CCCc2ccccc2)CCCCC1. The van der Waals surface area contributed by atoms with Gasteiger partial charge in [0.05, 0.1) is 0 Å². The maximum atomic E-state index is 12.5. The fourth-order valence-electron chi connectivity index (χ4n) is 3.19. The molecule has 0 atom stereocenters. The molecular formula is C17H25NO. The van der Waals surface area contributed by atoms with Crippen molar-refractivity contribution in [1.82, 2.24) is 0 Å². The summed E-state index contributed by atoms with van der Waals surface area (Å²) in [6.45, 7) is 0.539. The summed E-state index contributed by atoms with van der Waals surface area (Å²) in [5.41, 5.74) is 7.04. The smallest absolute Gasteiger partial charge is 0.140 e. The molecule has 1 aromatic carbocycles. The standard InChI is InChI=1S/C17H25NO/c18-14-17(12-5-2-6-13-17)16(19)11-7-10-15-8-3-1-4-9-15/h1,3-4,8-9H,2,5-7,10-14,18H2. The van der Waals surface area contributed by atoms with Gasteiger partial charge >= 0.3 is 0 Å². The summed E-state index contributed by atoms with van der Waals surface area (Å²) in [5, 5.41) is 0. The van der Waals surface area contributed by atoms with Crippen LogP contribution in [0.15, 0.2) is 30.3 Å². The van der Waals surface area contributed by atoms with Crippen LogP contribution in [-0.2, 0) is 11.2 Å². The number of carbonyl (C=O) groups excluding carboxylic acids is 1. The summed E-state index contributed by atoms with van der Waals surface area (Å²) in [6, 6.07) is 10.4. The third-order valence-corrected chi connectivity index (χ3v) is 4.51. The van der Waals surface area contributed by atoms with Gasteiger partial charge in [0, 0.05) is 18.4 Å². The van der Waals surface area contributed by atoms with Crippen LogP contribution in [0.1, 0.15) is 50.5 Å². The lowest BCUT2D eigenvalue weighted by Gasteiger charge is -2.34. The highest BCUT2D eigenvalue weighted by atomic mass is 16.1. The van der Waals surface area contributed by atoms with Gasteiger partial charge in [0.15, 0.2) is 0 Å². The van der Waals surface area contributed by atoms with Crippen molar-refractivity contribution >= 4 is 5.78 Å². The van der Waals surface area contributed by atoms with E-state index in [2.05, 4.69) is 24.3 Å². The fourth-order valence-corrected chi connectivity index (χ4v) is 3.19. The van der Waals surface area contributed by atoms with Crippen LogP contribution >= 0.6 is 0 Å². The number of hydrogen-bond acceptors (Lipinski definition) is 2. The Balaban J connectivity index is 1.83. The molecule has 19 heavy (non-hydrogen) atoms. The average Bonchev–Trinajstić information content (AvgIpc) is 2.49. The Morgan fingerprint density at radius 2 is 1.79 bits per heavy atom. The number of nitrogens with two attached hydrogens (primary N) is 1. The predicted molar refractivity (Wildman–Crippen MR) is 79.0 cm³/mol. The molecule has 2 N–H and O–H groups in total. The zero-order chi connectivity index (χ0) is 13.6. The molecule has 104 valence electrons. The zero-order valence-electron chi connectivity index (χ0n) is 11.7. The quantitative estimate of drug-likeness (QED) is 0.849. The van der Waals surface area contributed by atoms with E-state index in [0.717, 1.165) is 25.7 Å². The van der Waals surface area contributed by atoms with Gasteiger partial charge in [-0.3, -0.25) is 4.79 Å². The van der Waals surface area contributed by atoms with Crippen LogP contribution in [0.25, 0.3) is 0 Å². The van der Waals surface area contributed by atoms with Gasteiger partial charge in [0.2, 0.25) is 0 Å². The molecule has 2 nitrogen and oxygen atoms in total. The first-order valence-corrected chi connectivity index (χ1v) is 7.54. The van der Waals surface area contributed by atoms with Crippen molar-refractivity contribution in [3.05, 3.63) is 35.9 Å². The van der Waals surface area contributed by atoms with Gasteiger partial charge in [-0.05, 0) is 31.2 Å². The van der Waals surface area contributed by atoms with E-state index < -0.39 is 0 Å². The van der Waals surface area contributed by atoms with Gasteiger partial charge in [0.1, 0.15) is 5.78 Å². The van der Waals surface area contributed by atoms with E-state index in [9.17, 15) is 4.79 Å². The summed E-state index contributed by atoms with van der Waals surface area (Å²) in [4.78, 5) is 12.5. The second-order valence-electron chi connectivity index (χ2n) is 5.81. The molecule has 2 rings (SSSR count). The molecule has 1 fully saturated rings. The molecule has 0 bridgehead atoms. The van der Waals surface area contributed by atoms with Crippen LogP contribution in [0.2, 0.25) is 0 Å². The van der Waals surface area contributed by atoms with E-state index in [4.69, 9.17) is 5.73 Å². The predicted octanol–water partition coefficient (Wildman–Crippen LogP) is 3.49.